The number of alkyl halides is 3. The van der Waals surface area contributed by atoms with Crippen LogP contribution < -0.4 is 4.90 Å². The molecule has 3 heterocycles. The summed E-state index contributed by atoms with van der Waals surface area (Å²) >= 11 is 1.01. The van der Waals surface area contributed by atoms with E-state index in [0.717, 1.165) is 11.3 Å². The Morgan fingerprint density at radius 3 is 2.53 bits per heavy atom. The lowest BCUT2D eigenvalue weighted by Gasteiger charge is -2.35. The van der Waals surface area contributed by atoms with E-state index in [4.69, 9.17) is 0 Å². The van der Waals surface area contributed by atoms with E-state index in [1.54, 1.807) is 23.1 Å². The minimum Gasteiger partial charge on any atom is -0.352 e. The van der Waals surface area contributed by atoms with Crippen LogP contribution in [0.5, 0.6) is 0 Å². The number of rotatable bonds is 4. The number of carbonyl (C=O) groups is 1. The van der Waals surface area contributed by atoms with Crippen LogP contribution in [0.4, 0.5) is 23.4 Å². The lowest BCUT2D eigenvalue weighted by molar-refractivity contribution is -0.131. The van der Waals surface area contributed by atoms with Crippen molar-refractivity contribution in [2.45, 2.75) is 19.0 Å². The van der Waals surface area contributed by atoms with Gasteiger partial charge in [-0.2, -0.15) is 13.2 Å². The van der Waals surface area contributed by atoms with E-state index in [1.165, 1.54) is 18.5 Å². The highest BCUT2D eigenvalue weighted by molar-refractivity contribution is 7.18. The van der Waals surface area contributed by atoms with Crippen molar-refractivity contribution in [2.24, 2.45) is 0 Å². The number of hydrogen-bond donors (Lipinski definition) is 0. The third-order valence-electron chi connectivity index (χ3n) is 4.97. The van der Waals surface area contributed by atoms with Crippen LogP contribution in [0.25, 0.3) is 10.2 Å². The predicted octanol–water partition coefficient (Wildman–Crippen LogP) is 3.83. The maximum atomic E-state index is 13.8. The number of anilines is 1. The van der Waals surface area contributed by atoms with Crippen molar-refractivity contribution >= 4 is 33.3 Å². The Labute approximate surface area is 174 Å². The summed E-state index contributed by atoms with van der Waals surface area (Å²) < 4.78 is 52.0. The van der Waals surface area contributed by atoms with Crippen LogP contribution in [0.2, 0.25) is 0 Å². The normalized spacial score (nSPS) is 15.1. The predicted molar refractivity (Wildman–Crippen MR) is 106 cm³/mol. The molecule has 3 aromatic rings. The van der Waals surface area contributed by atoms with E-state index < -0.39 is 18.4 Å². The summed E-state index contributed by atoms with van der Waals surface area (Å²) in [4.78, 5) is 25.2. The molecule has 1 amide bonds. The van der Waals surface area contributed by atoms with E-state index in [9.17, 15) is 22.4 Å². The number of thiophene rings is 1. The molecular formula is C20H18F4N4OS. The molecule has 4 rings (SSSR count). The molecular weight excluding hydrogens is 420 g/mol. The van der Waals surface area contributed by atoms with E-state index in [2.05, 4.69) is 9.97 Å². The number of amides is 1. The van der Waals surface area contributed by atoms with E-state index in [0.29, 0.717) is 47.8 Å². The second-order valence-electron chi connectivity index (χ2n) is 7.06. The summed E-state index contributed by atoms with van der Waals surface area (Å²) in [5.74, 6) is 0.0152. The van der Waals surface area contributed by atoms with E-state index in [-0.39, 0.29) is 17.2 Å². The van der Waals surface area contributed by atoms with E-state index in [1.807, 2.05) is 4.90 Å². The molecule has 30 heavy (non-hydrogen) atoms. The average molecular weight is 438 g/mol. The van der Waals surface area contributed by atoms with Gasteiger partial charge in [0.25, 0.3) is 0 Å². The van der Waals surface area contributed by atoms with Crippen LogP contribution in [0.3, 0.4) is 0 Å². The van der Waals surface area contributed by atoms with Gasteiger partial charge in [0.2, 0.25) is 5.91 Å². The Morgan fingerprint density at radius 2 is 1.83 bits per heavy atom. The number of aromatic nitrogens is 2. The van der Waals surface area contributed by atoms with Crippen molar-refractivity contribution < 1.29 is 22.4 Å². The molecule has 1 saturated heterocycles. The molecule has 0 spiro atoms. The van der Waals surface area contributed by atoms with Crippen LogP contribution >= 0.6 is 11.3 Å². The Bertz CT molecular complexity index is 1060. The summed E-state index contributed by atoms with van der Waals surface area (Å²) in [7, 11) is 0. The molecule has 0 saturated carbocycles. The molecule has 0 radical (unpaired) electrons. The molecule has 0 aliphatic carbocycles. The highest BCUT2D eigenvalue weighted by Gasteiger charge is 2.30. The molecule has 0 atom stereocenters. The van der Waals surface area contributed by atoms with Crippen molar-refractivity contribution in [1.82, 2.24) is 14.9 Å². The maximum Gasteiger partial charge on any atom is 0.393 e. The van der Waals surface area contributed by atoms with Crippen molar-refractivity contribution in [3.63, 3.8) is 0 Å². The zero-order valence-electron chi connectivity index (χ0n) is 15.8. The zero-order chi connectivity index (χ0) is 21.3. The fourth-order valence-electron chi connectivity index (χ4n) is 3.51. The number of carbonyl (C=O) groups excluding carboxylic acids is 1. The SMILES string of the molecule is O=C(Cc1ccccc1F)N1CCN(c2ncnc3sc(CC(F)(F)F)cc23)CC1. The Hall–Kier alpha value is -2.75. The first kappa shape index (κ1) is 20.5. The number of hydrogen-bond acceptors (Lipinski definition) is 5. The van der Waals surface area contributed by atoms with Gasteiger partial charge in [0, 0.05) is 31.1 Å². The average Bonchev–Trinajstić information content (AvgIpc) is 3.10. The molecule has 1 aromatic carbocycles. The largest absolute Gasteiger partial charge is 0.393 e. The van der Waals surface area contributed by atoms with E-state index >= 15 is 0 Å². The highest BCUT2D eigenvalue weighted by atomic mass is 32.1. The summed E-state index contributed by atoms with van der Waals surface area (Å²) in [6, 6.07) is 7.69. The summed E-state index contributed by atoms with van der Waals surface area (Å²) in [6.07, 6.45) is -3.93. The molecule has 10 heteroatoms. The molecule has 158 valence electrons. The molecule has 0 unspecified atom stereocenters. The molecule has 2 aromatic heterocycles. The van der Waals surface area contributed by atoms with Crippen LogP contribution in [0, 0.1) is 5.82 Å². The van der Waals surface area contributed by atoms with Crippen molar-refractivity contribution in [1.29, 1.82) is 0 Å². The second kappa shape index (κ2) is 8.17. The van der Waals surface area contributed by atoms with Crippen LogP contribution in [0.1, 0.15) is 10.4 Å². The van der Waals surface area contributed by atoms with Gasteiger partial charge in [0.1, 0.15) is 22.8 Å². The molecule has 1 aliphatic rings. The summed E-state index contributed by atoms with van der Waals surface area (Å²) in [5, 5.41) is 0.591. The van der Waals surface area contributed by atoms with Gasteiger partial charge in [-0.1, -0.05) is 18.2 Å². The number of benzene rings is 1. The quantitative estimate of drug-likeness (QED) is 0.581. The van der Waals surface area contributed by atoms with Gasteiger partial charge in [-0.15, -0.1) is 11.3 Å². The van der Waals surface area contributed by atoms with Gasteiger partial charge in [0.15, 0.2) is 0 Å². The van der Waals surface area contributed by atoms with Crippen molar-refractivity contribution in [2.75, 3.05) is 31.1 Å². The molecule has 5 nitrogen and oxygen atoms in total. The van der Waals surface area contributed by atoms with Crippen molar-refractivity contribution in [3.05, 3.63) is 52.9 Å². The molecule has 0 bridgehead atoms. The third-order valence-corrected chi connectivity index (χ3v) is 6.01. The number of fused-ring (bicyclic) bond motifs is 1. The first-order valence-electron chi connectivity index (χ1n) is 9.36. The fraction of sp³-hybridized carbons (Fsp3) is 0.350. The maximum absolute atomic E-state index is 13.8. The van der Waals surface area contributed by atoms with Gasteiger partial charge in [0.05, 0.1) is 18.2 Å². The molecule has 1 fully saturated rings. The monoisotopic (exact) mass is 438 g/mol. The van der Waals surface area contributed by atoms with Crippen molar-refractivity contribution in [3.8, 4) is 0 Å². The lowest BCUT2D eigenvalue weighted by Crippen LogP contribution is -2.49. The minimum atomic E-state index is -4.28. The number of halogens is 4. The second-order valence-corrected chi connectivity index (χ2v) is 8.17. The fourth-order valence-corrected chi connectivity index (χ4v) is 4.53. The van der Waals surface area contributed by atoms with Gasteiger partial charge in [-0.3, -0.25) is 4.79 Å². The highest BCUT2D eigenvalue weighted by Crippen LogP contribution is 2.34. The Balaban J connectivity index is 1.44. The topological polar surface area (TPSA) is 49.3 Å². The van der Waals surface area contributed by atoms with Crippen LogP contribution in [-0.2, 0) is 17.6 Å². The van der Waals surface area contributed by atoms with Crippen LogP contribution in [0.15, 0.2) is 36.7 Å². The standard InChI is InChI=1S/C20H18F4N4OS/c21-16-4-2-1-3-13(16)9-17(29)27-5-7-28(8-6-27)18-15-10-14(11-20(22,23)24)30-19(15)26-12-25-18/h1-4,10,12H,5-9,11H2. The van der Waals surface area contributed by atoms with Crippen LogP contribution in [-0.4, -0.2) is 53.1 Å². The molecule has 0 N–H and O–H groups in total. The Morgan fingerprint density at radius 1 is 1.10 bits per heavy atom. The van der Waals surface area contributed by atoms with Gasteiger partial charge in [-0.05, 0) is 17.7 Å². The summed E-state index contributed by atoms with van der Waals surface area (Å²) in [5.41, 5.74) is 0.359. The lowest BCUT2D eigenvalue weighted by atomic mass is 10.1. The zero-order valence-corrected chi connectivity index (χ0v) is 16.6. The number of nitrogens with zero attached hydrogens (tertiary/aromatic N) is 4. The van der Waals surface area contributed by atoms with Gasteiger partial charge >= 0.3 is 6.18 Å². The first-order chi connectivity index (χ1) is 14.3. The smallest absolute Gasteiger partial charge is 0.352 e. The van der Waals surface area contributed by atoms with Gasteiger partial charge < -0.3 is 9.80 Å². The summed E-state index contributed by atoms with van der Waals surface area (Å²) in [6.45, 7) is 1.83. The molecule has 1 aliphatic heterocycles. The minimum absolute atomic E-state index is 0.00421. The Kier molecular flexibility index (Phi) is 5.59. The third kappa shape index (κ3) is 4.53. The number of piperazine rings is 1. The first-order valence-corrected chi connectivity index (χ1v) is 10.2. The van der Waals surface area contributed by atoms with Gasteiger partial charge in [-0.25, -0.2) is 14.4 Å².